The molecule has 0 spiro atoms. The minimum absolute atomic E-state index is 0.0377. The first-order chi connectivity index (χ1) is 13.5. The summed E-state index contributed by atoms with van der Waals surface area (Å²) in [6.45, 7) is 2.75. The van der Waals surface area contributed by atoms with Gasteiger partial charge in [-0.1, -0.05) is 0 Å². The predicted octanol–water partition coefficient (Wildman–Crippen LogP) is 3.48. The van der Waals surface area contributed by atoms with Crippen molar-refractivity contribution in [3.05, 3.63) is 47.9 Å². The van der Waals surface area contributed by atoms with Gasteiger partial charge in [0.1, 0.15) is 11.3 Å². The quantitative estimate of drug-likeness (QED) is 0.611. The van der Waals surface area contributed by atoms with Gasteiger partial charge in [0.15, 0.2) is 0 Å². The Morgan fingerprint density at radius 3 is 2.46 bits per heavy atom. The topological polar surface area (TPSA) is 71.5 Å². The molecule has 1 aromatic heterocycles. The summed E-state index contributed by atoms with van der Waals surface area (Å²) in [5, 5.41) is 2.94. The number of thioether (sulfide) groups is 1. The molecule has 28 heavy (non-hydrogen) atoms. The van der Waals surface area contributed by atoms with Gasteiger partial charge in [-0.15, -0.1) is 11.8 Å². The fraction of sp³-hybridized carbons (Fsp3) is 0.350. The zero-order valence-corrected chi connectivity index (χ0v) is 16.6. The van der Waals surface area contributed by atoms with Gasteiger partial charge in [-0.2, -0.15) is 9.37 Å². The molecular formula is C20H22FN3O3S. The predicted molar refractivity (Wildman–Crippen MR) is 105 cm³/mol. The number of likely N-dealkylation sites (tertiary alicyclic amines) is 1. The summed E-state index contributed by atoms with van der Waals surface area (Å²) in [6.07, 6.45) is 3.31. The molecule has 3 rings (SSSR count). The summed E-state index contributed by atoms with van der Waals surface area (Å²) < 4.78 is 19.3. The fourth-order valence-electron chi connectivity index (χ4n) is 3.03. The number of benzene rings is 1. The van der Waals surface area contributed by atoms with Crippen LogP contribution in [0.15, 0.2) is 41.3 Å². The lowest BCUT2D eigenvalue weighted by atomic mass is 10.0. The third-order valence-electron chi connectivity index (χ3n) is 4.62. The van der Waals surface area contributed by atoms with E-state index in [0.717, 1.165) is 11.0 Å². The highest BCUT2D eigenvalue weighted by atomic mass is 32.2. The lowest BCUT2D eigenvalue weighted by Crippen LogP contribution is -2.46. The van der Waals surface area contributed by atoms with E-state index >= 15 is 0 Å². The lowest BCUT2D eigenvalue weighted by Gasteiger charge is -2.31. The third kappa shape index (κ3) is 5.01. The minimum atomic E-state index is -0.720. The molecule has 0 unspecified atom stereocenters. The molecule has 2 aromatic rings. The van der Waals surface area contributed by atoms with E-state index in [0.29, 0.717) is 31.7 Å². The first-order valence-corrected chi connectivity index (χ1v) is 10.2. The van der Waals surface area contributed by atoms with Crippen molar-refractivity contribution in [3.63, 3.8) is 0 Å². The van der Waals surface area contributed by atoms with E-state index in [4.69, 9.17) is 4.74 Å². The number of carbonyl (C=O) groups is 2. The number of hydrogen-bond acceptors (Lipinski definition) is 5. The summed E-state index contributed by atoms with van der Waals surface area (Å²) in [5.74, 6) is -0.655. The van der Waals surface area contributed by atoms with Crippen LogP contribution in [0.4, 0.5) is 4.39 Å². The second-order valence-corrected chi connectivity index (χ2v) is 7.40. The number of ether oxygens (including phenoxy) is 1. The minimum Gasteiger partial charge on any atom is -0.438 e. The summed E-state index contributed by atoms with van der Waals surface area (Å²) in [6, 6.07) is 9.70. The Kier molecular flexibility index (Phi) is 6.51. The van der Waals surface area contributed by atoms with E-state index < -0.39 is 5.95 Å². The summed E-state index contributed by atoms with van der Waals surface area (Å²) in [7, 11) is 0. The molecule has 0 radical (unpaired) electrons. The Morgan fingerprint density at radius 2 is 1.86 bits per heavy atom. The molecule has 0 atom stereocenters. The molecule has 1 N–H and O–H groups in total. The molecule has 2 amide bonds. The molecule has 2 heterocycles. The van der Waals surface area contributed by atoms with Gasteiger partial charge in [0, 0.05) is 31.0 Å². The van der Waals surface area contributed by atoms with Crippen molar-refractivity contribution < 1.29 is 18.7 Å². The van der Waals surface area contributed by atoms with Crippen LogP contribution in [0.1, 0.15) is 30.1 Å². The first kappa shape index (κ1) is 20.1. The molecule has 0 aliphatic carbocycles. The number of piperidine rings is 1. The number of nitrogens with zero attached hydrogens (tertiary/aromatic N) is 2. The van der Waals surface area contributed by atoms with E-state index in [2.05, 4.69) is 10.3 Å². The van der Waals surface area contributed by atoms with Crippen LogP contribution in [0, 0.1) is 5.95 Å². The monoisotopic (exact) mass is 403 g/mol. The van der Waals surface area contributed by atoms with Gasteiger partial charge < -0.3 is 15.0 Å². The Bertz CT molecular complexity index is 852. The maximum atomic E-state index is 13.6. The number of nitrogens with one attached hydrogen (secondary N) is 1. The maximum Gasteiger partial charge on any atom is 0.257 e. The number of carbonyl (C=O) groups excluding carboxylic acids is 2. The zero-order valence-electron chi connectivity index (χ0n) is 15.8. The zero-order chi connectivity index (χ0) is 20.1. The summed E-state index contributed by atoms with van der Waals surface area (Å²) in [5.41, 5.74) is 0.171. The van der Waals surface area contributed by atoms with Crippen molar-refractivity contribution in [3.8, 4) is 11.6 Å². The first-order valence-electron chi connectivity index (χ1n) is 9.01. The highest BCUT2D eigenvalue weighted by Crippen LogP contribution is 2.26. The second-order valence-electron chi connectivity index (χ2n) is 6.52. The summed E-state index contributed by atoms with van der Waals surface area (Å²) in [4.78, 5) is 30.7. The van der Waals surface area contributed by atoms with Crippen molar-refractivity contribution in [2.75, 3.05) is 19.3 Å². The van der Waals surface area contributed by atoms with Gasteiger partial charge >= 0.3 is 0 Å². The molecule has 148 valence electrons. The van der Waals surface area contributed by atoms with Gasteiger partial charge in [-0.25, -0.2) is 0 Å². The Labute approximate surface area is 167 Å². The third-order valence-corrected chi connectivity index (χ3v) is 5.36. The average molecular weight is 403 g/mol. The highest BCUT2D eigenvalue weighted by Gasteiger charge is 2.24. The van der Waals surface area contributed by atoms with Crippen LogP contribution in [0.2, 0.25) is 0 Å². The van der Waals surface area contributed by atoms with Gasteiger partial charge in [-0.05, 0) is 55.5 Å². The summed E-state index contributed by atoms with van der Waals surface area (Å²) >= 11 is 1.60. The van der Waals surface area contributed by atoms with Crippen LogP contribution in [-0.4, -0.2) is 47.1 Å². The van der Waals surface area contributed by atoms with Crippen LogP contribution < -0.4 is 10.1 Å². The van der Waals surface area contributed by atoms with Gasteiger partial charge in [-0.3, -0.25) is 9.59 Å². The Balaban J connectivity index is 1.70. The van der Waals surface area contributed by atoms with Crippen molar-refractivity contribution in [2.24, 2.45) is 0 Å². The second kappa shape index (κ2) is 9.05. The molecule has 0 bridgehead atoms. The average Bonchev–Trinajstić information content (AvgIpc) is 2.69. The number of rotatable bonds is 5. The van der Waals surface area contributed by atoms with E-state index in [1.807, 2.05) is 18.4 Å². The standard InChI is InChI=1S/C20H22FN3O3S/c1-13(25)24-11-9-14(10-12-24)22-19(26)17-7-8-18(21)23-20(17)27-15-3-5-16(28-2)6-4-15/h3-8,14H,9-12H2,1-2H3,(H,22,26). The molecular weight excluding hydrogens is 381 g/mol. The molecule has 0 saturated carbocycles. The molecule has 1 saturated heterocycles. The molecule has 1 aliphatic rings. The number of amides is 2. The molecule has 1 aromatic carbocycles. The van der Waals surface area contributed by atoms with Gasteiger partial charge in [0.2, 0.25) is 17.7 Å². The van der Waals surface area contributed by atoms with E-state index in [1.165, 1.54) is 6.07 Å². The fourth-order valence-corrected chi connectivity index (χ4v) is 3.43. The largest absolute Gasteiger partial charge is 0.438 e. The smallest absolute Gasteiger partial charge is 0.257 e. The van der Waals surface area contributed by atoms with E-state index in [9.17, 15) is 14.0 Å². The van der Waals surface area contributed by atoms with Crippen molar-refractivity contribution >= 4 is 23.6 Å². The van der Waals surface area contributed by atoms with Crippen LogP contribution in [0.5, 0.6) is 11.6 Å². The highest BCUT2D eigenvalue weighted by molar-refractivity contribution is 7.98. The van der Waals surface area contributed by atoms with Crippen molar-refractivity contribution in [1.29, 1.82) is 0 Å². The molecule has 1 fully saturated rings. The molecule has 6 nitrogen and oxygen atoms in total. The van der Waals surface area contributed by atoms with E-state index in [1.54, 1.807) is 35.7 Å². The normalized spacial score (nSPS) is 14.6. The van der Waals surface area contributed by atoms with Crippen LogP contribution in [0.3, 0.4) is 0 Å². The molecule has 1 aliphatic heterocycles. The van der Waals surface area contributed by atoms with Crippen LogP contribution in [0.25, 0.3) is 0 Å². The maximum absolute atomic E-state index is 13.6. The number of hydrogen-bond donors (Lipinski definition) is 1. The van der Waals surface area contributed by atoms with Crippen LogP contribution in [-0.2, 0) is 4.79 Å². The number of pyridine rings is 1. The Hall–Kier alpha value is -2.61. The SMILES string of the molecule is CSc1ccc(Oc2nc(F)ccc2C(=O)NC2CCN(C(C)=O)CC2)cc1. The van der Waals surface area contributed by atoms with Crippen molar-refractivity contribution in [1.82, 2.24) is 15.2 Å². The molecule has 8 heteroatoms. The van der Waals surface area contributed by atoms with Gasteiger partial charge in [0.25, 0.3) is 5.91 Å². The van der Waals surface area contributed by atoms with E-state index in [-0.39, 0.29) is 29.3 Å². The lowest BCUT2D eigenvalue weighted by molar-refractivity contribution is -0.129. The van der Waals surface area contributed by atoms with Crippen molar-refractivity contribution in [2.45, 2.75) is 30.7 Å². The number of aromatic nitrogens is 1. The van der Waals surface area contributed by atoms with Gasteiger partial charge in [0.05, 0.1) is 0 Å². The number of halogens is 1. The Morgan fingerprint density at radius 1 is 1.18 bits per heavy atom. The van der Waals surface area contributed by atoms with Crippen LogP contribution >= 0.6 is 11.8 Å².